The van der Waals surface area contributed by atoms with Gasteiger partial charge in [0.15, 0.2) is 5.13 Å². The van der Waals surface area contributed by atoms with E-state index in [0.717, 1.165) is 0 Å². The first-order valence-electron chi connectivity index (χ1n) is 3.25. The molecule has 0 aliphatic rings. The molecular weight excluding hydrogens is 274 g/mol. The van der Waals surface area contributed by atoms with Crippen molar-refractivity contribution in [2.45, 2.75) is 0 Å². The Morgan fingerprint density at radius 3 is 2.64 bits per heavy atom. The topological polar surface area (TPSA) is 118 Å². The highest BCUT2D eigenvalue weighted by atomic mass is 79.9. The molecule has 0 radical (unpaired) electrons. The van der Waals surface area contributed by atoms with Gasteiger partial charge in [-0.25, -0.2) is 4.98 Å². The second kappa shape index (κ2) is 3.80. The number of nitrogens with two attached hydrogens (primary N) is 2. The molecule has 2 aromatic rings. The number of anilines is 2. The van der Waals surface area contributed by atoms with Crippen molar-refractivity contribution < 1.29 is 9.53 Å². The fourth-order valence-electron chi connectivity index (χ4n) is 0.880. The maximum atomic E-state index is 11.0. The summed E-state index contributed by atoms with van der Waals surface area (Å²) in [6.45, 7) is 0. The standard InChI is InChI=1S/C5H5N5O2S.BrH/c6-4-3(10(11)12-9-4)2-1-13-5(7)8-2;/h1H,(H2,6,9)(H2,7,8);1H. The fourth-order valence-corrected chi connectivity index (χ4v) is 1.43. The van der Waals surface area contributed by atoms with Gasteiger partial charge in [0.25, 0.3) is 5.69 Å². The number of thiazole rings is 1. The lowest BCUT2D eigenvalue weighted by molar-refractivity contribution is -0.793. The van der Waals surface area contributed by atoms with Crippen molar-refractivity contribution in [3.63, 3.8) is 0 Å². The molecule has 0 aliphatic heterocycles. The molecular formula is C5H6BrN5O2S. The van der Waals surface area contributed by atoms with E-state index in [0.29, 0.717) is 10.8 Å². The van der Waals surface area contributed by atoms with Gasteiger partial charge in [-0.1, -0.05) is 0 Å². The molecule has 2 aromatic heterocycles. The number of aromatic nitrogens is 3. The van der Waals surface area contributed by atoms with Crippen LogP contribution in [0.1, 0.15) is 0 Å². The van der Waals surface area contributed by atoms with Crippen LogP contribution in [0.4, 0.5) is 10.9 Å². The zero-order valence-corrected chi connectivity index (χ0v) is 9.24. The van der Waals surface area contributed by atoms with Gasteiger partial charge in [0.05, 0.1) is 5.16 Å². The Morgan fingerprint density at radius 2 is 2.21 bits per heavy atom. The molecule has 0 atom stereocenters. The minimum atomic E-state index is 0. The summed E-state index contributed by atoms with van der Waals surface area (Å²) in [6.07, 6.45) is 0. The minimum Gasteiger partial charge on any atom is -0.375 e. The molecule has 0 fully saturated rings. The van der Waals surface area contributed by atoms with E-state index < -0.39 is 0 Å². The van der Waals surface area contributed by atoms with Crippen LogP contribution in [0.15, 0.2) is 10.0 Å². The summed E-state index contributed by atoms with van der Waals surface area (Å²) in [4.78, 5) is 4.07. The first-order valence-corrected chi connectivity index (χ1v) is 4.13. The lowest BCUT2D eigenvalue weighted by Crippen LogP contribution is -2.25. The van der Waals surface area contributed by atoms with Crippen LogP contribution < -0.4 is 16.4 Å². The molecule has 4 N–H and O–H groups in total. The summed E-state index contributed by atoms with van der Waals surface area (Å²) in [6, 6.07) is 0. The van der Waals surface area contributed by atoms with Gasteiger partial charge in [-0.2, -0.15) is 0 Å². The maximum absolute atomic E-state index is 11.0. The van der Waals surface area contributed by atoms with E-state index in [1.165, 1.54) is 11.3 Å². The van der Waals surface area contributed by atoms with E-state index in [1.807, 2.05) is 0 Å². The highest BCUT2D eigenvalue weighted by molar-refractivity contribution is 8.93. The largest absolute Gasteiger partial charge is 0.375 e. The number of hydrogen-bond acceptors (Lipinski definition) is 7. The van der Waals surface area contributed by atoms with Gasteiger partial charge in [0, 0.05) is 5.38 Å². The van der Waals surface area contributed by atoms with Crippen LogP contribution in [0.25, 0.3) is 11.4 Å². The molecule has 0 aliphatic carbocycles. The van der Waals surface area contributed by atoms with Gasteiger partial charge < -0.3 is 16.7 Å². The smallest absolute Gasteiger partial charge is 0.314 e. The third kappa shape index (κ3) is 1.63. The van der Waals surface area contributed by atoms with Crippen LogP contribution in [-0.4, -0.2) is 10.1 Å². The van der Waals surface area contributed by atoms with Gasteiger partial charge >= 0.3 is 5.82 Å². The number of hydrogen-bond donors (Lipinski definition) is 2. The van der Waals surface area contributed by atoms with E-state index >= 15 is 0 Å². The first kappa shape index (κ1) is 10.7. The average Bonchev–Trinajstić information content (AvgIpc) is 2.60. The lowest BCUT2D eigenvalue weighted by Gasteiger charge is -1.89. The van der Waals surface area contributed by atoms with Crippen molar-refractivity contribution >= 4 is 39.3 Å². The molecule has 2 heterocycles. The zero-order valence-electron chi connectivity index (χ0n) is 6.71. The SMILES string of the molecule is Br.Nc1nc(-c2c(N)no[n+]2[O-])cs1. The normalized spacial score (nSPS) is 9.71. The van der Waals surface area contributed by atoms with Crippen molar-refractivity contribution in [2.75, 3.05) is 11.5 Å². The van der Waals surface area contributed by atoms with Gasteiger partial charge in [0.2, 0.25) is 0 Å². The number of rotatable bonds is 1. The highest BCUT2D eigenvalue weighted by Gasteiger charge is 2.20. The van der Waals surface area contributed by atoms with Crippen LogP contribution >= 0.6 is 28.3 Å². The Labute approximate surface area is 92.6 Å². The van der Waals surface area contributed by atoms with Crippen molar-refractivity contribution in [2.24, 2.45) is 0 Å². The quantitative estimate of drug-likeness (QED) is 0.719. The van der Waals surface area contributed by atoms with E-state index in [-0.39, 0.29) is 33.4 Å². The molecule has 9 heteroatoms. The molecule has 14 heavy (non-hydrogen) atoms. The van der Waals surface area contributed by atoms with E-state index in [1.54, 1.807) is 5.38 Å². The molecule has 0 unspecified atom stereocenters. The first-order chi connectivity index (χ1) is 6.18. The van der Waals surface area contributed by atoms with Gasteiger partial charge in [0.1, 0.15) is 5.69 Å². The molecule has 0 amide bonds. The van der Waals surface area contributed by atoms with E-state index in [4.69, 9.17) is 11.5 Å². The number of nitrogen functional groups attached to an aromatic ring is 2. The Kier molecular flexibility index (Phi) is 2.91. The Hall–Kier alpha value is -1.35. The van der Waals surface area contributed by atoms with Crippen LogP contribution in [0.5, 0.6) is 0 Å². The summed E-state index contributed by atoms with van der Waals surface area (Å²) in [7, 11) is 0. The fraction of sp³-hybridized carbons (Fsp3) is 0. The second-order valence-corrected chi connectivity index (χ2v) is 3.12. The predicted molar refractivity (Wildman–Crippen MR) is 55.7 cm³/mol. The predicted octanol–water partition coefficient (Wildman–Crippen LogP) is 0.174. The monoisotopic (exact) mass is 279 g/mol. The Balaban J connectivity index is 0.000000980. The molecule has 2 rings (SSSR count). The molecule has 0 saturated carbocycles. The maximum Gasteiger partial charge on any atom is 0.314 e. The van der Waals surface area contributed by atoms with Crippen molar-refractivity contribution in [3.05, 3.63) is 10.6 Å². The van der Waals surface area contributed by atoms with E-state index in [9.17, 15) is 5.21 Å². The third-order valence-electron chi connectivity index (χ3n) is 1.40. The molecule has 0 aromatic carbocycles. The van der Waals surface area contributed by atoms with Crippen molar-refractivity contribution in [1.82, 2.24) is 10.1 Å². The molecule has 0 saturated heterocycles. The minimum absolute atomic E-state index is 0. The summed E-state index contributed by atoms with van der Waals surface area (Å²) in [5.74, 6) is 0.000278. The third-order valence-corrected chi connectivity index (χ3v) is 2.08. The zero-order chi connectivity index (χ0) is 9.42. The van der Waals surface area contributed by atoms with Crippen molar-refractivity contribution in [1.29, 1.82) is 0 Å². The Morgan fingerprint density at radius 1 is 1.50 bits per heavy atom. The number of halogens is 1. The van der Waals surface area contributed by atoms with Crippen LogP contribution in [0.2, 0.25) is 0 Å². The second-order valence-electron chi connectivity index (χ2n) is 2.23. The van der Waals surface area contributed by atoms with E-state index in [2.05, 4.69) is 14.8 Å². The highest BCUT2D eigenvalue weighted by Crippen LogP contribution is 2.23. The van der Waals surface area contributed by atoms with Gasteiger partial charge in [-0.3, -0.25) is 4.63 Å². The van der Waals surface area contributed by atoms with Gasteiger partial charge in [-0.05, 0) is 4.90 Å². The van der Waals surface area contributed by atoms with Crippen LogP contribution in [0, 0.1) is 5.21 Å². The summed E-state index contributed by atoms with van der Waals surface area (Å²) in [5.41, 5.74) is 11.2. The molecule has 0 spiro atoms. The molecule has 7 nitrogen and oxygen atoms in total. The Bertz CT molecular complexity index is 422. The lowest BCUT2D eigenvalue weighted by atomic mass is 10.3. The number of nitrogens with zero attached hydrogens (tertiary/aromatic N) is 3. The summed E-state index contributed by atoms with van der Waals surface area (Å²) >= 11 is 1.21. The van der Waals surface area contributed by atoms with Crippen LogP contribution in [0.3, 0.4) is 0 Å². The molecule has 76 valence electrons. The van der Waals surface area contributed by atoms with Crippen molar-refractivity contribution in [3.8, 4) is 11.4 Å². The summed E-state index contributed by atoms with van der Waals surface area (Å²) < 4.78 is 4.27. The summed E-state index contributed by atoms with van der Waals surface area (Å²) in [5, 5.41) is 16.2. The average molecular weight is 280 g/mol. The molecule has 0 bridgehead atoms. The van der Waals surface area contributed by atoms with Crippen LogP contribution in [-0.2, 0) is 0 Å². The van der Waals surface area contributed by atoms with Gasteiger partial charge in [-0.15, -0.1) is 28.3 Å².